The lowest BCUT2D eigenvalue weighted by Crippen LogP contribution is -2.13. The molecule has 0 unspecified atom stereocenters. The van der Waals surface area contributed by atoms with E-state index in [-0.39, 0.29) is 11.8 Å². The fourth-order valence-electron chi connectivity index (χ4n) is 4.38. The van der Waals surface area contributed by atoms with Crippen LogP contribution in [0.2, 0.25) is 0 Å². The Morgan fingerprint density at radius 2 is 1.97 bits per heavy atom. The van der Waals surface area contributed by atoms with Crippen LogP contribution in [0.5, 0.6) is 0 Å². The number of rotatable bonds is 6. The number of aryl methyl sites for hydroxylation is 1. The summed E-state index contributed by atoms with van der Waals surface area (Å²) < 4.78 is 1.86. The van der Waals surface area contributed by atoms with Gasteiger partial charge in [-0.25, -0.2) is 15.0 Å². The SMILES string of the molecule is Cc1cn(-c2nccc3[nH]c(-c4n[nH]c5ccc(-c6cncc(NC(=O)CC(C)C)c6)cc45)nc23)cn1. The second kappa shape index (κ2) is 8.98. The molecule has 0 spiro atoms. The maximum atomic E-state index is 12.2. The number of imidazole rings is 2. The number of H-pyrrole nitrogens is 2. The maximum Gasteiger partial charge on any atom is 0.224 e. The molecule has 0 aliphatic carbocycles. The number of carbonyl (C=O) groups is 1. The van der Waals surface area contributed by atoms with E-state index in [1.807, 2.05) is 55.8 Å². The minimum Gasteiger partial charge on any atom is -0.336 e. The third-order valence-corrected chi connectivity index (χ3v) is 6.07. The number of pyridine rings is 2. The molecule has 6 rings (SSSR count). The average Bonchev–Trinajstić information content (AvgIpc) is 3.60. The first-order chi connectivity index (χ1) is 17.9. The first-order valence-corrected chi connectivity index (χ1v) is 12.0. The van der Waals surface area contributed by atoms with Gasteiger partial charge in [0.15, 0.2) is 11.6 Å². The summed E-state index contributed by atoms with van der Waals surface area (Å²) in [6.45, 7) is 5.97. The van der Waals surface area contributed by atoms with Gasteiger partial charge in [-0.2, -0.15) is 5.10 Å². The zero-order valence-corrected chi connectivity index (χ0v) is 20.6. The highest BCUT2D eigenvalue weighted by atomic mass is 16.1. The Balaban J connectivity index is 1.38. The minimum atomic E-state index is -0.0221. The lowest BCUT2D eigenvalue weighted by Gasteiger charge is -2.09. The summed E-state index contributed by atoms with van der Waals surface area (Å²) in [6, 6.07) is 9.86. The van der Waals surface area contributed by atoms with Crippen molar-refractivity contribution in [2.75, 3.05) is 5.32 Å². The minimum absolute atomic E-state index is 0.0221. The van der Waals surface area contributed by atoms with Crippen LogP contribution in [0.25, 0.3) is 50.4 Å². The standard InChI is InChI=1S/C27H25N9O/c1-15(2)8-23(37)31-19-9-18(11-28-12-19)17-4-5-21-20(10-17)24(35-34-21)26-32-22-6-7-29-27(25(22)33-26)36-13-16(3)30-14-36/h4-7,9-15H,8H2,1-3H3,(H,31,37)(H,32,33)(H,34,35). The molecule has 1 aromatic carbocycles. The highest BCUT2D eigenvalue weighted by molar-refractivity contribution is 5.97. The van der Waals surface area contributed by atoms with E-state index in [0.29, 0.717) is 29.4 Å². The van der Waals surface area contributed by atoms with Crippen molar-refractivity contribution in [3.63, 3.8) is 0 Å². The molecule has 0 aliphatic rings. The molecule has 10 nitrogen and oxygen atoms in total. The summed E-state index contributed by atoms with van der Waals surface area (Å²) in [7, 11) is 0. The van der Waals surface area contributed by atoms with Gasteiger partial charge in [-0.05, 0) is 42.7 Å². The van der Waals surface area contributed by atoms with Crippen molar-refractivity contribution in [3.8, 4) is 28.5 Å². The predicted molar refractivity (Wildman–Crippen MR) is 142 cm³/mol. The van der Waals surface area contributed by atoms with Crippen molar-refractivity contribution in [2.24, 2.45) is 5.92 Å². The average molecular weight is 492 g/mol. The summed E-state index contributed by atoms with van der Waals surface area (Å²) in [5.41, 5.74) is 6.59. The quantitative estimate of drug-likeness (QED) is 0.299. The molecule has 0 bridgehead atoms. The fraction of sp³-hybridized carbons (Fsp3) is 0.185. The molecule has 37 heavy (non-hydrogen) atoms. The Morgan fingerprint density at radius 1 is 1.08 bits per heavy atom. The van der Waals surface area contributed by atoms with E-state index in [1.54, 1.807) is 24.9 Å². The Bertz CT molecular complexity index is 1760. The van der Waals surface area contributed by atoms with E-state index in [9.17, 15) is 4.79 Å². The molecule has 5 aromatic heterocycles. The molecule has 184 valence electrons. The van der Waals surface area contributed by atoms with Gasteiger partial charge in [0.1, 0.15) is 17.5 Å². The third-order valence-electron chi connectivity index (χ3n) is 6.07. The number of nitrogens with zero attached hydrogens (tertiary/aromatic N) is 6. The predicted octanol–water partition coefficient (Wildman–Crippen LogP) is 5.04. The Hall–Kier alpha value is -4.86. The number of amides is 1. The highest BCUT2D eigenvalue weighted by Gasteiger charge is 2.17. The van der Waals surface area contributed by atoms with E-state index < -0.39 is 0 Å². The molecule has 10 heteroatoms. The smallest absolute Gasteiger partial charge is 0.224 e. The summed E-state index contributed by atoms with van der Waals surface area (Å²) in [4.78, 5) is 33.6. The van der Waals surface area contributed by atoms with Crippen LogP contribution in [0, 0.1) is 12.8 Å². The van der Waals surface area contributed by atoms with E-state index in [1.165, 1.54) is 0 Å². The van der Waals surface area contributed by atoms with Gasteiger partial charge >= 0.3 is 0 Å². The topological polar surface area (TPSA) is 130 Å². The number of fused-ring (bicyclic) bond motifs is 2. The van der Waals surface area contributed by atoms with Crippen LogP contribution in [-0.2, 0) is 4.79 Å². The molecule has 0 aliphatic heterocycles. The summed E-state index contributed by atoms with van der Waals surface area (Å²) in [5, 5.41) is 11.5. The highest BCUT2D eigenvalue weighted by Crippen LogP contribution is 2.31. The Kier molecular flexibility index (Phi) is 5.48. The number of nitrogens with one attached hydrogen (secondary N) is 3. The molecule has 0 saturated carbocycles. The van der Waals surface area contributed by atoms with Crippen molar-refractivity contribution in [3.05, 3.63) is 67.1 Å². The second-order valence-corrected chi connectivity index (χ2v) is 9.48. The van der Waals surface area contributed by atoms with Gasteiger partial charge < -0.3 is 10.3 Å². The lowest BCUT2D eigenvalue weighted by molar-refractivity contribution is -0.116. The van der Waals surface area contributed by atoms with Crippen LogP contribution in [0.3, 0.4) is 0 Å². The van der Waals surface area contributed by atoms with E-state index in [4.69, 9.17) is 4.98 Å². The van der Waals surface area contributed by atoms with Crippen LogP contribution >= 0.6 is 0 Å². The maximum absolute atomic E-state index is 12.2. The van der Waals surface area contributed by atoms with Crippen molar-refractivity contribution >= 4 is 33.5 Å². The van der Waals surface area contributed by atoms with Crippen molar-refractivity contribution in [1.82, 2.24) is 39.7 Å². The van der Waals surface area contributed by atoms with Crippen LogP contribution < -0.4 is 5.32 Å². The lowest BCUT2D eigenvalue weighted by atomic mass is 10.0. The van der Waals surface area contributed by atoms with Gasteiger partial charge in [-0.1, -0.05) is 19.9 Å². The molecule has 6 aromatic rings. The third kappa shape index (κ3) is 4.33. The van der Waals surface area contributed by atoms with Crippen LogP contribution in [-0.4, -0.2) is 45.6 Å². The number of benzene rings is 1. The van der Waals surface area contributed by atoms with Gasteiger partial charge in [0.05, 0.1) is 28.6 Å². The summed E-state index contributed by atoms with van der Waals surface area (Å²) in [5.74, 6) is 1.60. The van der Waals surface area contributed by atoms with E-state index in [0.717, 1.165) is 38.8 Å². The Morgan fingerprint density at radius 3 is 2.78 bits per heavy atom. The number of hydrogen-bond acceptors (Lipinski definition) is 6. The van der Waals surface area contributed by atoms with Crippen molar-refractivity contribution in [1.29, 1.82) is 0 Å². The molecule has 1 amide bonds. The Labute approximate surface area is 212 Å². The monoisotopic (exact) mass is 491 g/mol. The molecule has 5 heterocycles. The molecular formula is C27H25N9O. The fourth-order valence-corrected chi connectivity index (χ4v) is 4.38. The van der Waals surface area contributed by atoms with Gasteiger partial charge in [0, 0.05) is 36.0 Å². The molecule has 0 saturated heterocycles. The van der Waals surface area contributed by atoms with Gasteiger partial charge in [0.25, 0.3) is 0 Å². The number of aromatic nitrogens is 8. The molecular weight excluding hydrogens is 466 g/mol. The molecule has 0 fully saturated rings. The summed E-state index contributed by atoms with van der Waals surface area (Å²) >= 11 is 0. The molecule has 0 radical (unpaired) electrons. The molecule has 3 N–H and O–H groups in total. The zero-order chi connectivity index (χ0) is 25.5. The van der Waals surface area contributed by atoms with Crippen LogP contribution in [0.4, 0.5) is 5.69 Å². The number of hydrogen-bond donors (Lipinski definition) is 3. The van der Waals surface area contributed by atoms with Gasteiger partial charge in [-0.15, -0.1) is 0 Å². The van der Waals surface area contributed by atoms with E-state index >= 15 is 0 Å². The van der Waals surface area contributed by atoms with Crippen LogP contribution in [0.15, 0.2) is 61.4 Å². The van der Waals surface area contributed by atoms with Crippen molar-refractivity contribution < 1.29 is 4.79 Å². The van der Waals surface area contributed by atoms with Crippen molar-refractivity contribution in [2.45, 2.75) is 27.2 Å². The zero-order valence-electron chi connectivity index (χ0n) is 20.6. The van der Waals surface area contributed by atoms with Gasteiger partial charge in [-0.3, -0.25) is 19.4 Å². The number of anilines is 1. The molecule has 0 atom stereocenters. The van der Waals surface area contributed by atoms with E-state index in [2.05, 4.69) is 41.5 Å². The summed E-state index contributed by atoms with van der Waals surface area (Å²) in [6.07, 6.45) is 9.30. The first-order valence-electron chi connectivity index (χ1n) is 12.0. The first kappa shape index (κ1) is 22.6. The normalized spacial score (nSPS) is 11.6. The largest absolute Gasteiger partial charge is 0.336 e. The van der Waals surface area contributed by atoms with Gasteiger partial charge in [0.2, 0.25) is 5.91 Å². The number of carbonyl (C=O) groups excluding carboxylic acids is 1. The van der Waals surface area contributed by atoms with Crippen LogP contribution in [0.1, 0.15) is 26.0 Å². The second-order valence-electron chi connectivity index (χ2n) is 9.48. The number of aromatic amines is 2.